The first-order chi connectivity index (χ1) is 14.4. The molecule has 178 valence electrons. The fourth-order valence-electron chi connectivity index (χ4n) is 3.69. The van der Waals surface area contributed by atoms with E-state index in [2.05, 4.69) is 0 Å². The third-order valence-corrected chi connectivity index (χ3v) is 8.33. The zero-order valence-corrected chi connectivity index (χ0v) is 30.8. The second-order valence-corrected chi connectivity index (χ2v) is 12.0. The van der Waals surface area contributed by atoms with E-state index in [1.807, 2.05) is 0 Å². The van der Waals surface area contributed by atoms with E-state index in [0.29, 0.717) is 12.1 Å². The molecule has 0 aliphatic heterocycles. The largest absolute Gasteiger partial charge is 1.00 e. The number of rotatable bonds is 4. The Morgan fingerprint density at radius 1 is 0.405 bits per heavy atom. The standard InChI is InChI=1S/C16H10O12S4.4Na.H2O/c17-29(18,19)11-5-13(31(23,24)25)9-3-4-10-14(32(26,27)28)6-12(30(20,21)22)8-2-1-7(11)15(9)16(8)10;;;;;/h1-6H,(H,17,18,19)(H,20,21,22)(H,23,24,25)(H,26,27,28);;;;;1H2/q;4*+1;/p-4. The van der Waals surface area contributed by atoms with Crippen LogP contribution in [-0.2, 0) is 40.5 Å². The molecule has 0 saturated heterocycles. The van der Waals surface area contributed by atoms with Gasteiger partial charge in [-0.15, -0.1) is 0 Å². The Hall–Kier alpha value is 1.52. The van der Waals surface area contributed by atoms with Crippen molar-refractivity contribution in [2.75, 3.05) is 0 Å². The summed E-state index contributed by atoms with van der Waals surface area (Å²) in [6.45, 7) is 0. The van der Waals surface area contributed by atoms with Crippen molar-refractivity contribution in [2.45, 2.75) is 19.6 Å². The Morgan fingerprint density at radius 3 is 0.703 bits per heavy atom. The predicted octanol–water partition coefficient (Wildman–Crippen LogP) is -12.6. The third kappa shape index (κ3) is 7.49. The van der Waals surface area contributed by atoms with Crippen LogP contribution < -0.4 is 118 Å². The molecule has 0 bridgehead atoms. The molecule has 13 nitrogen and oxygen atoms in total. The number of hydrogen-bond acceptors (Lipinski definition) is 12. The molecule has 0 atom stereocenters. The summed E-state index contributed by atoms with van der Waals surface area (Å²) < 4.78 is 141. The Balaban J connectivity index is 0. The van der Waals surface area contributed by atoms with Gasteiger partial charge >= 0.3 is 118 Å². The second kappa shape index (κ2) is 13.2. The van der Waals surface area contributed by atoms with Crippen LogP contribution >= 0.6 is 0 Å². The molecular weight excluding hydrogens is 620 g/mol. The van der Waals surface area contributed by atoms with Crippen molar-refractivity contribution < 1.29 is 176 Å². The van der Waals surface area contributed by atoms with Gasteiger partial charge in [-0.25, -0.2) is 33.7 Å². The summed E-state index contributed by atoms with van der Waals surface area (Å²) in [5, 5.41) is -2.90. The maximum atomic E-state index is 11.8. The fourth-order valence-corrected chi connectivity index (χ4v) is 6.65. The van der Waals surface area contributed by atoms with Crippen LogP contribution in [0.2, 0.25) is 0 Å². The maximum absolute atomic E-state index is 11.8. The van der Waals surface area contributed by atoms with Gasteiger partial charge in [0.2, 0.25) is 0 Å². The van der Waals surface area contributed by atoms with Crippen LogP contribution in [0.15, 0.2) is 56.0 Å². The van der Waals surface area contributed by atoms with Crippen molar-refractivity contribution in [2.24, 2.45) is 0 Å². The summed E-state index contributed by atoms with van der Waals surface area (Å²) >= 11 is 0. The van der Waals surface area contributed by atoms with Crippen molar-refractivity contribution in [3.63, 3.8) is 0 Å². The van der Waals surface area contributed by atoms with Gasteiger partial charge in [-0.2, -0.15) is 0 Å². The van der Waals surface area contributed by atoms with Crippen LogP contribution in [0.3, 0.4) is 0 Å². The summed E-state index contributed by atoms with van der Waals surface area (Å²) in [6.07, 6.45) is 0. The Labute approximate surface area is 299 Å². The van der Waals surface area contributed by atoms with Gasteiger partial charge < -0.3 is 23.7 Å². The minimum atomic E-state index is -5.40. The Bertz CT molecular complexity index is 1650. The molecule has 0 aliphatic rings. The molecule has 0 radical (unpaired) electrons. The van der Waals surface area contributed by atoms with Crippen molar-refractivity contribution in [1.29, 1.82) is 0 Å². The molecular formula is C16H8Na4O13S4. The van der Waals surface area contributed by atoms with Gasteiger partial charge in [0.05, 0.1) is 19.6 Å². The molecule has 0 spiro atoms. The molecule has 0 unspecified atom stereocenters. The van der Waals surface area contributed by atoms with Gasteiger partial charge in [0.15, 0.2) is 0 Å². The first-order valence-corrected chi connectivity index (χ1v) is 13.7. The van der Waals surface area contributed by atoms with Crippen molar-refractivity contribution in [3.05, 3.63) is 36.4 Å². The van der Waals surface area contributed by atoms with Gasteiger partial charge in [-0.3, -0.25) is 0 Å². The van der Waals surface area contributed by atoms with E-state index in [0.717, 1.165) is 24.3 Å². The van der Waals surface area contributed by atoms with Crippen LogP contribution in [-0.4, -0.2) is 57.4 Å². The monoisotopic (exact) mass is 628 g/mol. The maximum Gasteiger partial charge on any atom is 1.00 e. The average molecular weight is 628 g/mol. The van der Waals surface area contributed by atoms with Gasteiger partial charge in [-0.1, -0.05) is 24.3 Å². The summed E-state index contributed by atoms with van der Waals surface area (Å²) in [5.41, 5.74) is 0. The van der Waals surface area contributed by atoms with Gasteiger partial charge in [0, 0.05) is 21.5 Å². The van der Waals surface area contributed by atoms with Gasteiger partial charge in [-0.05, 0) is 22.9 Å². The predicted molar refractivity (Wildman–Crippen MR) is 106 cm³/mol. The number of benzene rings is 4. The van der Waals surface area contributed by atoms with Crippen molar-refractivity contribution in [1.82, 2.24) is 0 Å². The van der Waals surface area contributed by atoms with Crippen LogP contribution in [0.5, 0.6) is 0 Å². The normalized spacial score (nSPS) is 12.1. The minimum absolute atomic E-state index is 0. The molecule has 0 aliphatic carbocycles. The van der Waals surface area contributed by atoms with E-state index in [1.54, 1.807) is 0 Å². The third-order valence-electron chi connectivity index (χ3n) is 4.82. The van der Waals surface area contributed by atoms with E-state index >= 15 is 0 Å². The van der Waals surface area contributed by atoms with E-state index in [9.17, 15) is 51.9 Å². The van der Waals surface area contributed by atoms with E-state index < -0.39 is 92.4 Å². The van der Waals surface area contributed by atoms with Gasteiger partial charge in [0.25, 0.3) is 0 Å². The first-order valence-electron chi connectivity index (χ1n) is 8.04. The Morgan fingerprint density at radius 2 is 0.568 bits per heavy atom. The SMILES string of the molecule is O.O=S(=O)([O-])c1cc(S(=O)(=O)[O-])c2ccc3c(S(=O)(=O)[O-])cc(S(=O)(=O)[O-])c4ccc1c2c43.[Na+].[Na+].[Na+].[Na+]. The van der Waals surface area contributed by atoms with Crippen LogP contribution in [0.4, 0.5) is 0 Å². The summed E-state index contributed by atoms with van der Waals surface area (Å²) in [5.74, 6) is 0. The minimum Gasteiger partial charge on any atom is -0.744 e. The average Bonchev–Trinajstić information content (AvgIpc) is 2.61. The van der Waals surface area contributed by atoms with Crippen LogP contribution in [0, 0.1) is 0 Å². The fraction of sp³-hybridized carbons (Fsp3) is 0. The summed E-state index contributed by atoms with van der Waals surface area (Å²) in [4.78, 5) is -4.63. The van der Waals surface area contributed by atoms with E-state index in [-0.39, 0.29) is 124 Å². The van der Waals surface area contributed by atoms with Gasteiger partial charge in [0.1, 0.15) is 40.5 Å². The van der Waals surface area contributed by atoms with Crippen LogP contribution in [0.1, 0.15) is 0 Å². The summed E-state index contributed by atoms with van der Waals surface area (Å²) in [6, 6.07) is 4.27. The molecule has 0 saturated carbocycles. The Kier molecular flexibility index (Phi) is 14.5. The second-order valence-electron chi connectivity index (χ2n) is 6.63. The zero-order chi connectivity index (χ0) is 24.0. The molecule has 37 heavy (non-hydrogen) atoms. The molecule has 0 aromatic heterocycles. The van der Waals surface area contributed by atoms with Crippen molar-refractivity contribution in [3.8, 4) is 0 Å². The number of hydrogen-bond donors (Lipinski definition) is 0. The topological polar surface area (TPSA) is 260 Å². The molecule has 0 amide bonds. The molecule has 0 fully saturated rings. The molecule has 4 rings (SSSR count). The molecule has 4 aromatic carbocycles. The molecule has 0 heterocycles. The quantitative estimate of drug-likeness (QED) is 0.116. The van der Waals surface area contributed by atoms with Crippen molar-refractivity contribution >= 4 is 72.8 Å². The molecule has 2 N–H and O–H groups in total. The zero-order valence-electron chi connectivity index (χ0n) is 19.5. The first kappa shape index (κ1) is 40.7. The smallest absolute Gasteiger partial charge is 0.744 e. The molecule has 4 aromatic rings. The summed E-state index contributed by atoms with van der Waals surface area (Å²) in [7, 11) is -21.6. The van der Waals surface area contributed by atoms with E-state index in [1.165, 1.54) is 0 Å². The van der Waals surface area contributed by atoms with E-state index in [4.69, 9.17) is 0 Å². The molecule has 21 heteroatoms. The van der Waals surface area contributed by atoms with Crippen LogP contribution in [0.25, 0.3) is 32.3 Å².